The minimum atomic E-state index is -0.317. The maximum Gasteiger partial charge on any atom is 0.322 e. The molecule has 1 N–H and O–H groups in total. The molecule has 27 heavy (non-hydrogen) atoms. The van der Waals surface area contributed by atoms with Crippen LogP contribution in [0.25, 0.3) is 0 Å². The number of halogens is 1. The van der Waals surface area contributed by atoms with Gasteiger partial charge in [0.15, 0.2) is 0 Å². The highest BCUT2D eigenvalue weighted by molar-refractivity contribution is 5.89. The number of nitrogens with one attached hydrogen (secondary N) is 1. The topological polar surface area (TPSA) is 54.5 Å². The molecule has 5 nitrogen and oxygen atoms in total. The minimum absolute atomic E-state index is 0.278. The van der Waals surface area contributed by atoms with Crippen molar-refractivity contribution in [3.8, 4) is 11.6 Å². The van der Waals surface area contributed by atoms with E-state index in [1.807, 2.05) is 37.3 Å². The predicted octanol–water partition coefficient (Wildman–Crippen LogP) is 5.07. The third-order valence-corrected chi connectivity index (χ3v) is 3.88. The van der Waals surface area contributed by atoms with Crippen LogP contribution < -0.4 is 10.1 Å². The number of rotatable bonds is 6. The van der Waals surface area contributed by atoms with Gasteiger partial charge in [0, 0.05) is 19.2 Å². The summed E-state index contributed by atoms with van der Waals surface area (Å²) in [5, 5.41) is 2.79. The van der Waals surface area contributed by atoms with Crippen molar-refractivity contribution in [1.82, 2.24) is 9.88 Å². The maximum absolute atomic E-state index is 13.3. The van der Waals surface area contributed by atoms with E-state index < -0.39 is 0 Å². The molecular formula is C21H20FN3O2. The molecule has 0 aliphatic heterocycles. The lowest BCUT2D eigenvalue weighted by Crippen LogP contribution is -2.34. The van der Waals surface area contributed by atoms with Gasteiger partial charge in [0.25, 0.3) is 0 Å². The molecule has 0 bridgehead atoms. The molecule has 0 fully saturated rings. The first kappa shape index (κ1) is 18.4. The van der Waals surface area contributed by atoms with Gasteiger partial charge < -0.3 is 15.0 Å². The smallest absolute Gasteiger partial charge is 0.322 e. The van der Waals surface area contributed by atoms with Crippen molar-refractivity contribution in [2.75, 3.05) is 11.9 Å². The lowest BCUT2D eigenvalue weighted by Gasteiger charge is -2.21. The van der Waals surface area contributed by atoms with Crippen molar-refractivity contribution in [3.63, 3.8) is 0 Å². The number of carbonyl (C=O) groups is 1. The number of hydrogen-bond acceptors (Lipinski definition) is 3. The Balaban J connectivity index is 1.60. The summed E-state index contributed by atoms with van der Waals surface area (Å²) in [6.45, 7) is 2.68. The van der Waals surface area contributed by atoms with E-state index in [2.05, 4.69) is 10.3 Å². The van der Waals surface area contributed by atoms with E-state index in [0.29, 0.717) is 30.4 Å². The van der Waals surface area contributed by atoms with Crippen LogP contribution in [0.3, 0.4) is 0 Å². The van der Waals surface area contributed by atoms with Gasteiger partial charge in [-0.2, -0.15) is 0 Å². The van der Waals surface area contributed by atoms with E-state index >= 15 is 0 Å². The summed E-state index contributed by atoms with van der Waals surface area (Å²) >= 11 is 0. The number of carbonyl (C=O) groups excluding carboxylic acids is 1. The molecule has 138 valence electrons. The number of aromatic nitrogens is 1. The van der Waals surface area contributed by atoms with Crippen LogP contribution in [0.1, 0.15) is 12.5 Å². The molecule has 3 rings (SSSR count). The van der Waals surface area contributed by atoms with Crippen LogP contribution in [-0.4, -0.2) is 22.5 Å². The van der Waals surface area contributed by atoms with Gasteiger partial charge in [0.05, 0.1) is 11.9 Å². The molecule has 0 saturated heterocycles. The highest BCUT2D eigenvalue weighted by Crippen LogP contribution is 2.20. The summed E-state index contributed by atoms with van der Waals surface area (Å²) in [7, 11) is 0. The van der Waals surface area contributed by atoms with Gasteiger partial charge in [0.1, 0.15) is 11.6 Å². The van der Waals surface area contributed by atoms with Crippen molar-refractivity contribution in [3.05, 3.63) is 84.3 Å². The van der Waals surface area contributed by atoms with Crippen LogP contribution in [0.5, 0.6) is 11.6 Å². The highest BCUT2D eigenvalue weighted by atomic mass is 19.1. The standard InChI is InChI=1S/C21H20FN3O2/c1-2-25(15-16-7-6-8-17(22)13-16)21(26)24-18-11-12-20(23-14-18)27-19-9-4-3-5-10-19/h3-14H,2,15H2,1H3,(H,24,26). The number of nitrogens with zero attached hydrogens (tertiary/aromatic N) is 2. The number of pyridine rings is 1. The zero-order chi connectivity index (χ0) is 19.1. The first-order valence-electron chi connectivity index (χ1n) is 8.63. The van der Waals surface area contributed by atoms with E-state index in [0.717, 1.165) is 5.56 Å². The molecule has 0 aliphatic carbocycles. The van der Waals surface area contributed by atoms with Crippen LogP contribution in [-0.2, 0) is 6.54 Å². The monoisotopic (exact) mass is 365 g/mol. The number of urea groups is 1. The van der Waals surface area contributed by atoms with Gasteiger partial charge in [0.2, 0.25) is 5.88 Å². The third-order valence-electron chi connectivity index (χ3n) is 3.88. The second-order valence-corrected chi connectivity index (χ2v) is 5.87. The number of anilines is 1. The molecule has 1 heterocycles. The second-order valence-electron chi connectivity index (χ2n) is 5.87. The zero-order valence-corrected chi connectivity index (χ0v) is 14.9. The molecule has 0 spiro atoms. The molecule has 0 unspecified atom stereocenters. The molecule has 0 atom stereocenters. The summed E-state index contributed by atoms with van der Waals surface area (Å²) in [6, 6.07) is 18.7. The largest absolute Gasteiger partial charge is 0.439 e. The van der Waals surface area contributed by atoms with Gasteiger partial charge in [-0.25, -0.2) is 14.2 Å². The summed E-state index contributed by atoms with van der Waals surface area (Å²) in [4.78, 5) is 18.3. The Labute approximate surface area is 157 Å². The van der Waals surface area contributed by atoms with E-state index in [1.54, 1.807) is 29.2 Å². The van der Waals surface area contributed by atoms with E-state index in [-0.39, 0.29) is 11.8 Å². The number of benzene rings is 2. The highest BCUT2D eigenvalue weighted by Gasteiger charge is 2.13. The number of amides is 2. The molecule has 0 saturated carbocycles. The summed E-state index contributed by atoms with van der Waals surface area (Å²) < 4.78 is 19.0. The summed E-state index contributed by atoms with van der Waals surface area (Å²) in [5.41, 5.74) is 1.29. The van der Waals surface area contributed by atoms with Crippen LogP contribution in [0.15, 0.2) is 72.9 Å². The van der Waals surface area contributed by atoms with Crippen molar-refractivity contribution < 1.29 is 13.9 Å². The maximum atomic E-state index is 13.3. The predicted molar refractivity (Wildman–Crippen MR) is 102 cm³/mol. The summed E-state index contributed by atoms with van der Waals surface area (Å²) in [5.74, 6) is 0.808. The Morgan fingerprint density at radius 3 is 2.59 bits per heavy atom. The zero-order valence-electron chi connectivity index (χ0n) is 14.9. The van der Waals surface area contributed by atoms with Gasteiger partial charge in [-0.1, -0.05) is 30.3 Å². The molecule has 3 aromatic rings. The number of ether oxygens (including phenoxy) is 1. The third kappa shape index (κ3) is 5.28. The van der Waals surface area contributed by atoms with Crippen LogP contribution in [0, 0.1) is 5.82 Å². The molecular weight excluding hydrogens is 345 g/mol. The Morgan fingerprint density at radius 1 is 1.11 bits per heavy atom. The Kier molecular flexibility index (Phi) is 5.99. The summed E-state index contributed by atoms with van der Waals surface area (Å²) in [6.07, 6.45) is 1.53. The van der Waals surface area contributed by atoms with Gasteiger partial charge in [-0.3, -0.25) is 0 Å². The lowest BCUT2D eigenvalue weighted by molar-refractivity contribution is 0.212. The van der Waals surface area contributed by atoms with E-state index in [4.69, 9.17) is 4.74 Å². The molecule has 2 aromatic carbocycles. The Bertz CT molecular complexity index is 885. The van der Waals surface area contributed by atoms with Crippen molar-refractivity contribution in [1.29, 1.82) is 0 Å². The molecule has 0 aliphatic rings. The fraction of sp³-hybridized carbons (Fsp3) is 0.143. The quantitative estimate of drug-likeness (QED) is 0.664. The van der Waals surface area contributed by atoms with Gasteiger partial charge in [-0.05, 0) is 42.8 Å². The molecule has 6 heteroatoms. The molecule has 0 radical (unpaired) electrons. The average molecular weight is 365 g/mol. The Hall–Kier alpha value is -3.41. The van der Waals surface area contributed by atoms with Gasteiger partial charge in [-0.15, -0.1) is 0 Å². The average Bonchev–Trinajstić information content (AvgIpc) is 2.68. The van der Waals surface area contributed by atoms with Crippen LogP contribution >= 0.6 is 0 Å². The second kappa shape index (κ2) is 8.80. The SMILES string of the molecule is CCN(Cc1cccc(F)c1)C(=O)Nc1ccc(Oc2ccccc2)nc1. The minimum Gasteiger partial charge on any atom is -0.439 e. The molecule has 1 aromatic heterocycles. The van der Waals surface area contributed by atoms with Crippen molar-refractivity contribution in [2.45, 2.75) is 13.5 Å². The number of hydrogen-bond donors (Lipinski definition) is 1. The first-order valence-corrected chi connectivity index (χ1v) is 8.63. The van der Waals surface area contributed by atoms with E-state index in [1.165, 1.54) is 18.3 Å². The normalized spacial score (nSPS) is 10.3. The van der Waals surface area contributed by atoms with E-state index in [9.17, 15) is 9.18 Å². The van der Waals surface area contributed by atoms with Crippen LogP contribution in [0.4, 0.5) is 14.9 Å². The molecule has 2 amide bonds. The first-order chi connectivity index (χ1) is 13.1. The van der Waals surface area contributed by atoms with Crippen molar-refractivity contribution >= 4 is 11.7 Å². The lowest BCUT2D eigenvalue weighted by atomic mass is 10.2. The van der Waals surface area contributed by atoms with Gasteiger partial charge >= 0.3 is 6.03 Å². The fourth-order valence-electron chi connectivity index (χ4n) is 2.51. The fourth-order valence-corrected chi connectivity index (χ4v) is 2.51. The number of para-hydroxylation sites is 1. The van der Waals surface area contributed by atoms with Crippen molar-refractivity contribution in [2.24, 2.45) is 0 Å². The van der Waals surface area contributed by atoms with Crippen LogP contribution in [0.2, 0.25) is 0 Å². The Morgan fingerprint density at radius 2 is 1.93 bits per heavy atom.